The molecule has 16 heavy (non-hydrogen) atoms. The van der Waals surface area contributed by atoms with Crippen LogP contribution in [0.25, 0.3) is 0 Å². The maximum atomic E-state index is 9.27. The molecular formula is C14H11NO. The number of nitrogen functional groups attached to an aromatic ring is 1. The third-order valence-corrected chi connectivity index (χ3v) is 2.15. The molecule has 0 aliphatic rings. The summed E-state index contributed by atoms with van der Waals surface area (Å²) in [7, 11) is 0. The Morgan fingerprint density at radius 2 is 1.75 bits per heavy atom. The SMILES string of the molecule is Nc1ccccc1C#Cc1cccc(O)c1. The van der Waals surface area contributed by atoms with E-state index in [1.54, 1.807) is 18.2 Å². The van der Waals surface area contributed by atoms with Crippen molar-refractivity contribution in [3.63, 3.8) is 0 Å². The van der Waals surface area contributed by atoms with Crippen LogP contribution < -0.4 is 5.73 Å². The molecule has 0 heterocycles. The predicted octanol–water partition coefficient (Wildman–Crippen LogP) is 2.37. The molecule has 0 amide bonds. The lowest BCUT2D eigenvalue weighted by molar-refractivity contribution is 0.475. The molecule has 0 spiro atoms. The third kappa shape index (κ3) is 2.34. The predicted molar refractivity (Wildman–Crippen MR) is 64.9 cm³/mol. The number of nitrogens with two attached hydrogens (primary N) is 1. The van der Waals surface area contributed by atoms with Crippen molar-refractivity contribution in [1.29, 1.82) is 0 Å². The molecular weight excluding hydrogens is 198 g/mol. The fourth-order valence-electron chi connectivity index (χ4n) is 1.33. The number of para-hydroxylation sites is 1. The molecule has 0 unspecified atom stereocenters. The molecule has 0 fully saturated rings. The summed E-state index contributed by atoms with van der Waals surface area (Å²) in [6, 6.07) is 14.3. The van der Waals surface area contributed by atoms with Crippen LogP contribution >= 0.6 is 0 Å². The Kier molecular flexibility index (Phi) is 2.79. The Bertz CT molecular complexity index is 564. The van der Waals surface area contributed by atoms with E-state index < -0.39 is 0 Å². The van der Waals surface area contributed by atoms with Gasteiger partial charge in [-0.2, -0.15) is 0 Å². The van der Waals surface area contributed by atoms with E-state index in [1.165, 1.54) is 0 Å². The third-order valence-electron chi connectivity index (χ3n) is 2.15. The van der Waals surface area contributed by atoms with Gasteiger partial charge in [-0.05, 0) is 30.3 Å². The smallest absolute Gasteiger partial charge is 0.116 e. The zero-order valence-corrected chi connectivity index (χ0v) is 8.64. The summed E-state index contributed by atoms with van der Waals surface area (Å²) < 4.78 is 0. The molecule has 0 aromatic heterocycles. The molecule has 0 atom stereocenters. The summed E-state index contributed by atoms with van der Waals surface area (Å²) >= 11 is 0. The Morgan fingerprint density at radius 3 is 2.50 bits per heavy atom. The van der Waals surface area contributed by atoms with Gasteiger partial charge in [0.25, 0.3) is 0 Å². The molecule has 0 radical (unpaired) electrons. The fourth-order valence-corrected chi connectivity index (χ4v) is 1.33. The molecule has 2 aromatic rings. The van der Waals surface area contributed by atoms with Gasteiger partial charge in [0.1, 0.15) is 5.75 Å². The number of anilines is 1. The van der Waals surface area contributed by atoms with Gasteiger partial charge in [-0.1, -0.05) is 30.0 Å². The fraction of sp³-hybridized carbons (Fsp3) is 0. The highest BCUT2D eigenvalue weighted by Gasteiger charge is 1.92. The van der Waals surface area contributed by atoms with Crippen LogP contribution in [0.5, 0.6) is 5.75 Å². The molecule has 0 saturated carbocycles. The molecule has 0 saturated heterocycles. The molecule has 0 aliphatic carbocycles. The van der Waals surface area contributed by atoms with Crippen molar-refractivity contribution in [3.8, 4) is 17.6 Å². The van der Waals surface area contributed by atoms with Crippen molar-refractivity contribution in [3.05, 3.63) is 59.7 Å². The maximum absolute atomic E-state index is 9.27. The normalized spacial score (nSPS) is 9.25. The van der Waals surface area contributed by atoms with E-state index in [2.05, 4.69) is 11.8 Å². The lowest BCUT2D eigenvalue weighted by atomic mass is 10.1. The van der Waals surface area contributed by atoms with Crippen molar-refractivity contribution >= 4 is 5.69 Å². The molecule has 78 valence electrons. The first kappa shape index (κ1) is 10.1. The zero-order valence-electron chi connectivity index (χ0n) is 8.64. The first-order valence-electron chi connectivity index (χ1n) is 4.91. The number of hydrogen-bond donors (Lipinski definition) is 2. The highest BCUT2D eigenvalue weighted by Crippen LogP contribution is 2.11. The highest BCUT2D eigenvalue weighted by atomic mass is 16.3. The largest absolute Gasteiger partial charge is 0.508 e. The average Bonchev–Trinajstić information content (AvgIpc) is 2.28. The molecule has 2 rings (SSSR count). The van der Waals surface area contributed by atoms with Crippen LogP contribution in [0.2, 0.25) is 0 Å². The van der Waals surface area contributed by atoms with Gasteiger partial charge in [-0.3, -0.25) is 0 Å². The van der Waals surface area contributed by atoms with Crippen molar-refractivity contribution in [1.82, 2.24) is 0 Å². The molecule has 0 bridgehead atoms. The van der Waals surface area contributed by atoms with Crippen LogP contribution in [-0.4, -0.2) is 5.11 Å². The molecule has 3 N–H and O–H groups in total. The van der Waals surface area contributed by atoms with Crippen LogP contribution in [0.15, 0.2) is 48.5 Å². The van der Waals surface area contributed by atoms with Crippen molar-refractivity contribution in [2.24, 2.45) is 0 Å². The monoisotopic (exact) mass is 209 g/mol. The van der Waals surface area contributed by atoms with Crippen LogP contribution in [0.4, 0.5) is 5.69 Å². The van der Waals surface area contributed by atoms with Crippen molar-refractivity contribution in [2.45, 2.75) is 0 Å². The summed E-state index contributed by atoms with van der Waals surface area (Å²) in [4.78, 5) is 0. The number of hydrogen-bond acceptors (Lipinski definition) is 2. The summed E-state index contributed by atoms with van der Waals surface area (Å²) in [5.74, 6) is 6.14. The molecule has 0 aliphatic heterocycles. The minimum Gasteiger partial charge on any atom is -0.508 e. The van der Waals surface area contributed by atoms with Gasteiger partial charge < -0.3 is 10.8 Å². The van der Waals surface area contributed by atoms with Crippen LogP contribution in [0.3, 0.4) is 0 Å². The van der Waals surface area contributed by atoms with E-state index in [9.17, 15) is 5.11 Å². The second-order valence-corrected chi connectivity index (χ2v) is 3.39. The van der Waals surface area contributed by atoms with Gasteiger partial charge in [-0.15, -0.1) is 0 Å². The standard InChI is InChI=1S/C14H11NO/c15-14-7-2-1-5-12(14)9-8-11-4-3-6-13(16)10-11/h1-7,10,16H,15H2. The van der Waals surface area contributed by atoms with Gasteiger partial charge in [0, 0.05) is 16.8 Å². The highest BCUT2D eigenvalue weighted by molar-refractivity contribution is 5.57. The maximum Gasteiger partial charge on any atom is 0.116 e. The molecule has 2 heteroatoms. The van der Waals surface area contributed by atoms with E-state index in [0.717, 1.165) is 11.1 Å². The van der Waals surface area contributed by atoms with Crippen molar-refractivity contribution in [2.75, 3.05) is 5.73 Å². The minimum absolute atomic E-state index is 0.216. The van der Waals surface area contributed by atoms with E-state index in [4.69, 9.17) is 5.73 Å². The van der Waals surface area contributed by atoms with Crippen LogP contribution in [-0.2, 0) is 0 Å². The van der Waals surface area contributed by atoms with Crippen molar-refractivity contribution < 1.29 is 5.11 Å². The summed E-state index contributed by atoms with van der Waals surface area (Å²) in [6.45, 7) is 0. The van der Waals surface area contributed by atoms with Gasteiger partial charge in [0.2, 0.25) is 0 Å². The lowest BCUT2D eigenvalue weighted by Gasteiger charge is -1.95. The number of phenolic OH excluding ortho intramolecular Hbond substituents is 1. The van der Waals surface area contributed by atoms with E-state index in [1.807, 2.05) is 30.3 Å². The molecule has 2 nitrogen and oxygen atoms in total. The average molecular weight is 209 g/mol. The van der Waals surface area contributed by atoms with Gasteiger partial charge >= 0.3 is 0 Å². The Labute approximate surface area is 94.4 Å². The van der Waals surface area contributed by atoms with Crippen LogP contribution in [0, 0.1) is 11.8 Å². The van der Waals surface area contributed by atoms with Gasteiger partial charge in [0.15, 0.2) is 0 Å². The first-order valence-corrected chi connectivity index (χ1v) is 4.91. The number of rotatable bonds is 0. The van der Waals surface area contributed by atoms with Gasteiger partial charge in [0.05, 0.1) is 0 Å². The lowest BCUT2D eigenvalue weighted by Crippen LogP contribution is -1.88. The number of aromatic hydroxyl groups is 1. The van der Waals surface area contributed by atoms with E-state index in [0.29, 0.717) is 5.69 Å². The Balaban J connectivity index is 2.32. The van der Waals surface area contributed by atoms with E-state index in [-0.39, 0.29) is 5.75 Å². The zero-order chi connectivity index (χ0) is 11.4. The summed E-state index contributed by atoms with van der Waals surface area (Å²) in [5, 5.41) is 9.27. The molecule has 2 aromatic carbocycles. The van der Waals surface area contributed by atoms with E-state index >= 15 is 0 Å². The number of phenols is 1. The minimum atomic E-state index is 0.216. The topological polar surface area (TPSA) is 46.2 Å². The quantitative estimate of drug-likeness (QED) is 0.517. The second kappa shape index (κ2) is 4.41. The Hall–Kier alpha value is -2.40. The number of benzene rings is 2. The summed E-state index contributed by atoms with van der Waals surface area (Å²) in [6.07, 6.45) is 0. The Morgan fingerprint density at radius 1 is 0.938 bits per heavy atom. The van der Waals surface area contributed by atoms with Crippen LogP contribution in [0.1, 0.15) is 11.1 Å². The second-order valence-electron chi connectivity index (χ2n) is 3.39. The first-order chi connectivity index (χ1) is 7.75. The van der Waals surface area contributed by atoms with Gasteiger partial charge in [-0.25, -0.2) is 0 Å². The summed E-state index contributed by atoms with van der Waals surface area (Å²) in [5.41, 5.74) is 7.99.